The molecule has 28 heavy (non-hydrogen) atoms. The van der Waals surface area contributed by atoms with Gasteiger partial charge in [0.2, 0.25) is 0 Å². The van der Waals surface area contributed by atoms with Gasteiger partial charge in [0.1, 0.15) is 11.9 Å². The fourth-order valence-electron chi connectivity index (χ4n) is 2.92. The molecule has 0 unspecified atom stereocenters. The predicted octanol–water partition coefficient (Wildman–Crippen LogP) is 7.29. The Bertz CT molecular complexity index is 1100. The molecule has 0 atom stereocenters. The van der Waals surface area contributed by atoms with Crippen LogP contribution in [0, 0.1) is 20.6 Å². The summed E-state index contributed by atoms with van der Waals surface area (Å²) in [6, 6.07) is 8.88. The molecule has 1 heterocycles. The zero-order valence-corrected chi connectivity index (χ0v) is 17.7. The highest BCUT2D eigenvalue weighted by molar-refractivity contribution is 14.1. The lowest BCUT2D eigenvalue weighted by Crippen LogP contribution is -2.10. The maximum atomic E-state index is 13.9. The molecule has 0 aliphatic carbocycles. The molecule has 0 radical (unpaired) electrons. The minimum atomic E-state index is -4.94. The molecular weight excluding hydrogens is 531 g/mol. The molecule has 0 amide bonds. The minimum absolute atomic E-state index is 0.0720. The van der Waals surface area contributed by atoms with E-state index >= 15 is 0 Å². The van der Waals surface area contributed by atoms with Crippen LogP contribution in [-0.2, 0) is 6.18 Å². The molecule has 0 fully saturated rings. The Balaban J connectivity index is 2.40. The van der Waals surface area contributed by atoms with Crippen LogP contribution in [0.15, 0.2) is 42.6 Å². The van der Waals surface area contributed by atoms with E-state index in [0.717, 1.165) is 14.3 Å². The molecule has 146 valence electrons. The van der Waals surface area contributed by atoms with Crippen molar-refractivity contribution < 1.29 is 18.1 Å². The number of nitro groups is 1. The van der Waals surface area contributed by atoms with Crippen molar-refractivity contribution in [1.82, 2.24) is 4.57 Å². The highest BCUT2D eigenvalue weighted by Gasteiger charge is 2.45. The summed E-state index contributed by atoms with van der Waals surface area (Å²) in [6.07, 6.45) is -3.83. The molecule has 0 bridgehead atoms. The van der Waals surface area contributed by atoms with Crippen LogP contribution in [0.1, 0.15) is 11.1 Å². The number of hydrogen-bond donors (Lipinski definition) is 0. The average molecular weight is 541 g/mol. The van der Waals surface area contributed by atoms with E-state index in [4.69, 9.17) is 23.2 Å². The highest BCUT2D eigenvalue weighted by atomic mass is 127. The van der Waals surface area contributed by atoms with Gasteiger partial charge in [0.25, 0.3) is 0 Å². The van der Waals surface area contributed by atoms with Crippen LogP contribution in [0.5, 0.6) is 0 Å². The normalized spacial score (nSPS) is 11.7. The van der Waals surface area contributed by atoms with Gasteiger partial charge >= 0.3 is 12.0 Å². The molecule has 2 aromatic carbocycles. The monoisotopic (exact) mass is 540 g/mol. The number of halogens is 6. The molecule has 0 spiro atoms. The molecule has 1 aromatic heterocycles. The van der Waals surface area contributed by atoms with Gasteiger partial charge in [-0.25, -0.2) is 0 Å². The molecule has 3 rings (SSSR count). The first-order valence-electron chi connectivity index (χ1n) is 7.69. The molecule has 0 aliphatic heterocycles. The summed E-state index contributed by atoms with van der Waals surface area (Å²) in [5, 5.41) is 11.9. The number of alkyl halides is 3. The van der Waals surface area contributed by atoms with Crippen molar-refractivity contribution in [2.45, 2.75) is 13.1 Å². The van der Waals surface area contributed by atoms with Crippen molar-refractivity contribution in [3.05, 3.63) is 77.5 Å². The SMILES string of the molecule is Cc1cc(I)ccc1-c1cn(-c2ccc(Cl)c(Cl)c2)c([N+](=O)[O-])c1C(F)(F)F. The maximum absolute atomic E-state index is 13.9. The van der Waals surface area contributed by atoms with E-state index in [9.17, 15) is 23.3 Å². The minimum Gasteiger partial charge on any atom is -0.358 e. The summed E-state index contributed by atoms with van der Waals surface area (Å²) in [4.78, 5) is 10.6. The number of benzene rings is 2. The topological polar surface area (TPSA) is 48.1 Å². The standard InChI is InChI=1S/C18H10Cl2F3IN2O2/c1-9-6-10(24)2-4-12(9)13-8-25(11-3-5-14(19)15(20)7-11)17(26(27)28)16(13)18(21,22)23/h2-8H,1H3. The molecule has 10 heteroatoms. The number of aryl methyl sites for hydroxylation is 1. The number of nitrogens with zero attached hydrogens (tertiary/aromatic N) is 2. The van der Waals surface area contributed by atoms with Crippen LogP contribution in [0.25, 0.3) is 16.8 Å². The molecule has 0 saturated carbocycles. The summed E-state index contributed by atoms with van der Waals surface area (Å²) >= 11 is 13.9. The molecule has 3 aromatic rings. The van der Waals surface area contributed by atoms with Crippen molar-refractivity contribution in [3.63, 3.8) is 0 Å². The van der Waals surface area contributed by atoms with Crippen molar-refractivity contribution >= 4 is 51.6 Å². The Morgan fingerprint density at radius 2 is 1.75 bits per heavy atom. The van der Waals surface area contributed by atoms with E-state index in [1.807, 2.05) is 22.6 Å². The zero-order valence-electron chi connectivity index (χ0n) is 14.0. The lowest BCUT2D eigenvalue weighted by atomic mass is 9.99. The quantitative estimate of drug-likeness (QED) is 0.199. The molecular formula is C18H10Cl2F3IN2O2. The third-order valence-corrected chi connectivity index (χ3v) is 5.51. The van der Waals surface area contributed by atoms with Gasteiger partial charge in [-0.15, -0.1) is 0 Å². The third-order valence-electron chi connectivity index (χ3n) is 4.10. The van der Waals surface area contributed by atoms with E-state index in [1.54, 1.807) is 19.1 Å². The van der Waals surface area contributed by atoms with E-state index in [0.29, 0.717) is 5.56 Å². The summed E-state index contributed by atoms with van der Waals surface area (Å²) < 4.78 is 43.3. The lowest BCUT2D eigenvalue weighted by Gasteiger charge is -2.10. The van der Waals surface area contributed by atoms with Crippen molar-refractivity contribution in [3.8, 4) is 16.8 Å². The van der Waals surface area contributed by atoms with Gasteiger partial charge < -0.3 is 10.1 Å². The molecule has 0 aliphatic rings. The molecule has 4 nitrogen and oxygen atoms in total. The first-order chi connectivity index (χ1) is 13.0. The van der Waals surface area contributed by atoms with Gasteiger partial charge in [-0.3, -0.25) is 0 Å². The second-order valence-corrected chi connectivity index (χ2v) is 7.98. The average Bonchev–Trinajstić information content (AvgIpc) is 2.98. The van der Waals surface area contributed by atoms with Gasteiger partial charge in [0, 0.05) is 15.2 Å². The Hall–Kier alpha value is -1.78. The van der Waals surface area contributed by atoms with Crippen LogP contribution in [-0.4, -0.2) is 9.49 Å². The Labute approximate surface area is 181 Å². The number of hydrogen-bond acceptors (Lipinski definition) is 2. The van der Waals surface area contributed by atoms with Crippen molar-refractivity contribution in [1.29, 1.82) is 0 Å². The van der Waals surface area contributed by atoms with E-state index < -0.39 is 22.5 Å². The number of rotatable bonds is 3. The van der Waals surface area contributed by atoms with E-state index in [2.05, 4.69) is 0 Å². The fraction of sp³-hybridized carbons (Fsp3) is 0.111. The summed E-state index contributed by atoms with van der Waals surface area (Å²) in [5.41, 5.74) is -0.665. The zero-order chi connectivity index (χ0) is 20.8. The second kappa shape index (κ2) is 7.57. The Morgan fingerprint density at radius 3 is 2.29 bits per heavy atom. The first-order valence-corrected chi connectivity index (χ1v) is 9.53. The van der Waals surface area contributed by atoms with Crippen LogP contribution in [0.4, 0.5) is 19.0 Å². The smallest absolute Gasteiger partial charge is 0.358 e. The largest absolute Gasteiger partial charge is 0.425 e. The predicted molar refractivity (Wildman–Crippen MR) is 110 cm³/mol. The molecule has 0 saturated heterocycles. The maximum Gasteiger partial charge on any atom is 0.425 e. The first kappa shape index (κ1) is 20.9. The van der Waals surface area contributed by atoms with Gasteiger partial charge in [-0.2, -0.15) is 17.7 Å². The number of aromatic nitrogens is 1. The summed E-state index contributed by atoms with van der Waals surface area (Å²) in [6.45, 7) is 1.65. The Kier molecular flexibility index (Phi) is 5.66. The molecule has 0 N–H and O–H groups in total. The summed E-state index contributed by atoms with van der Waals surface area (Å²) in [7, 11) is 0. The van der Waals surface area contributed by atoms with Crippen LogP contribution < -0.4 is 0 Å². The summed E-state index contributed by atoms with van der Waals surface area (Å²) in [5.74, 6) is -1.08. The third kappa shape index (κ3) is 3.85. The van der Waals surface area contributed by atoms with E-state index in [-0.39, 0.29) is 26.9 Å². The van der Waals surface area contributed by atoms with Crippen LogP contribution >= 0.6 is 45.8 Å². The van der Waals surface area contributed by atoms with Gasteiger partial charge in [-0.05, 0) is 69.8 Å². The second-order valence-electron chi connectivity index (χ2n) is 5.92. The van der Waals surface area contributed by atoms with Crippen molar-refractivity contribution in [2.75, 3.05) is 0 Å². The fourth-order valence-corrected chi connectivity index (χ4v) is 3.86. The van der Waals surface area contributed by atoms with Crippen LogP contribution in [0.2, 0.25) is 10.0 Å². The van der Waals surface area contributed by atoms with Crippen LogP contribution in [0.3, 0.4) is 0 Å². The lowest BCUT2D eigenvalue weighted by molar-refractivity contribution is -0.393. The van der Waals surface area contributed by atoms with Gasteiger partial charge in [0.05, 0.1) is 10.0 Å². The van der Waals surface area contributed by atoms with Crippen molar-refractivity contribution in [2.24, 2.45) is 0 Å². The van der Waals surface area contributed by atoms with Gasteiger partial charge in [-0.1, -0.05) is 29.3 Å². The Morgan fingerprint density at radius 1 is 1.07 bits per heavy atom. The highest BCUT2D eigenvalue weighted by Crippen LogP contribution is 2.46. The van der Waals surface area contributed by atoms with Gasteiger partial charge in [0.15, 0.2) is 5.56 Å². The van der Waals surface area contributed by atoms with E-state index in [1.165, 1.54) is 24.3 Å².